The molecule has 36 heavy (non-hydrogen) atoms. The highest BCUT2D eigenvalue weighted by molar-refractivity contribution is 5.91. The van der Waals surface area contributed by atoms with Gasteiger partial charge in [-0.2, -0.15) is 0 Å². The summed E-state index contributed by atoms with van der Waals surface area (Å²) >= 11 is 0. The molecule has 6 nitrogen and oxygen atoms in total. The molecule has 5 rings (SSSR count). The van der Waals surface area contributed by atoms with Crippen LogP contribution in [0.3, 0.4) is 0 Å². The van der Waals surface area contributed by atoms with Gasteiger partial charge in [-0.1, -0.05) is 26.8 Å². The van der Waals surface area contributed by atoms with Crippen LogP contribution in [0.2, 0.25) is 0 Å². The normalized spacial score (nSPS) is 44.7. The van der Waals surface area contributed by atoms with Crippen molar-refractivity contribution in [3.05, 3.63) is 24.3 Å². The van der Waals surface area contributed by atoms with E-state index < -0.39 is 6.10 Å². The molecular weight excluding hydrogens is 452 g/mol. The van der Waals surface area contributed by atoms with Crippen molar-refractivity contribution in [3.8, 4) is 0 Å². The number of nitrogen functional groups attached to an aromatic ring is 1. The summed E-state index contributed by atoms with van der Waals surface area (Å²) in [6.45, 7) is 6.88. The zero-order chi connectivity index (χ0) is 25.8. The summed E-state index contributed by atoms with van der Waals surface area (Å²) in [6, 6.07) is 7.26. The number of nitrogens with two attached hydrogens (primary N) is 1. The van der Waals surface area contributed by atoms with E-state index in [1.54, 1.807) is 12.1 Å². The molecule has 0 aromatic heterocycles. The van der Waals surface area contributed by atoms with Gasteiger partial charge in [0.15, 0.2) is 0 Å². The number of amides is 1. The van der Waals surface area contributed by atoms with E-state index in [-0.39, 0.29) is 34.9 Å². The summed E-state index contributed by atoms with van der Waals surface area (Å²) in [6.07, 6.45) is 6.45. The van der Waals surface area contributed by atoms with Crippen LogP contribution in [0.5, 0.6) is 0 Å². The second-order valence-electron chi connectivity index (χ2n) is 13.2. The van der Waals surface area contributed by atoms with Gasteiger partial charge in [-0.25, -0.2) is 0 Å². The topological polar surface area (TPSA) is 116 Å². The van der Waals surface area contributed by atoms with Crippen molar-refractivity contribution >= 4 is 17.3 Å². The van der Waals surface area contributed by atoms with Gasteiger partial charge in [-0.05, 0) is 116 Å². The predicted molar refractivity (Wildman–Crippen MR) is 142 cm³/mol. The highest BCUT2D eigenvalue weighted by Gasteiger charge is 2.65. The third-order valence-electron chi connectivity index (χ3n) is 11.5. The highest BCUT2D eigenvalue weighted by Crippen LogP contribution is 2.68. The zero-order valence-electron chi connectivity index (χ0n) is 22.2. The summed E-state index contributed by atoms with van der Waals surface area (Å²) in [7, 11) is 0. The molecule has 6 heteroatoms. The Labute approximate surface area is 216 Å². The van der Waals surface area contributed by atoms with Gasteiger partial charge < -0.3 is 26.4 Å². The first-order chi connectivity index (χ1) is 17.0. The van der Waals surface area contributed by atoms with Crippen molar-refractivity contribution in [3.63, 3.8) is 0 Å². The van der Waals surface area contributed by atoms with E-state index >= 15 is 0 Å². The van der Waals surface area contributed by atoms with E-state index in [9.17, 15) is 20.1 Å². The van der Waals surface area contributed by atoms with Gasteiger partial charge in [0.25, 0.3) is 0 Å². The molecule has 4 aliphatic carbocycles. The first-order valence-corrected chi connectivity index (χ1v) is 14.2. The quantitative estimate of drug-likeness (QED) is 0.381. The van der Waals surface area contributed by atoms with Crippen LogP contribution in [0.25, 0.3) is 0 Å². The maximum Gasteiger partial charge on any atom is 0.224 e. The van der Waals surface area contributed by atoms with E-state index in [1.165, 1.54) is 0 Å². The van der Waals surface area contributed by atoms with Crippen LogP contribution in [0, 0.1) is 46.3 Å². The molecule has 6 N–H and O–H groups in total. The fraction of sp³-hybridized carbons (Fsp3) is 0.767. The first-order valence-electron chi connectivity index (χ1n) is 14.2. The Bertz CT molecular complexity index is 970. The SMILES string of the molecule is CC(CCC(=O)Nc1cccc(N)c1)[C@H]1CCC2C3C(C[C@H](O)[C@@]21C)[C@@]1(C)CC[C@@H](O)CC1C[C@H]3O. The number of anilines is 2. The molecule has 4 saturated carbocycles. The molecule has 1 amide bonds. The highest BCUT2D eigenvalue weighted by atomic mass is 16.3. The second-order valence-corrected chi connectivity index (χ2v) is 13.2. The second kappa shape index (κ2) is 9.59. The van der Waals surface area contributed by atoms with Gasteiger partial charge in [0, 0.05) is 17.8 Å². The number of rotatable bonds is 5. The summed E-state index contributed by atoms with van der Waals surface area (Å²) in [5.74, 6) is 1.82. The third-order valence-corrected chi connectivity index (χ3v) is 11.5. The number of aliphatic hydroxyl groups is 3. The molecule has 0 heterocycles. The lowest BCUT2D eigenvalue weighted by Gasteiger charge is -2.63. The van der Waals surface area contributed by atoms with Crippen LogP contribution in [-0.2, 0) is 4.79 Å². The van der Waals surface area contributed by atoms with Crippen molar-refractivity contribution in [1.29, 1.82) is 0 Å². The molecule has 11 atom stereocenters. The van der Waals surface area contributed by atoms with Crippen LogP contribution in [0.15, 0.2) is 24.3 Å². The standard InChI is InChI=1S/C30H46N2O4/c1-17(7-10-27(36)32-20-6-4-5-19(31)15-20)22-8-9-23-28-24(16-26(35)30(22,23)3)29(2)12-11-21(33)13-18(29)14-25(28)34/h4-6,15,17-18,21-26,28,33-35H,7-14,16,31H2,1-3H3,(H,32,36)/t17?,18?,21-,22-,23?,24?,25-,26+,28?,29+,30-/m1/s1. The number of hydrogen-bond acceptors (Lipinski definition) is 5. The monoisotopic (exact) mass is 498 g/mol. The summed E-state index contributed by atoms with van der Waals surface area (Å²) in [5.41, 5.74) is 7.04. The van der Waals surface area contributed by atoms with Crippen molar-refractivity contribution < 1.29 is 20.1 Å². The number of carbonyl (C=O) groups is 1. The average molecular weight is 499 g/mol. The number of nitrogens with one attached hydrogen (secondary N) is 1. The average Bonchev–Trinajstić information content (AvgIpc) is 3.18. The third kappa shape index (κ3) is 4.27. The van der Waals surface area contributed by atoms with Gasteiger partial charge in [-0.15, -0.1) is 0 Å². The minimum absolute atomic E-state index is 0.00226. The van der Waals surface area contributed by atoms with Gasteiger partial charge in [0.1, 0.15) is 0 Å². The Hall–Kier alpha value is -1.63. The number of hydrogen-bond donors (Lipinski definition) is 5. The molecule has 4 aliphatic rings. The number of fused-ring (bicyclic) bond motifs is 5. The molecule has 0 saturated heterocycles. The summed E-state index contributed by atoms with van der Waals surface area (Å²) in [4.78, 5) is 12.6. The summed E-state index contributed by atoms with van der Waals surface area (Å²) in [5, 5.41) is 36.4. The fourth-order valence-electron chi connectivity index (χ4n) is 9.53. The van der Waals surface area contributed by atoms with Crippen LogP contribution < -0.4 is 11.1 Å². The van der Waals surface area contributed by atoms with Gasteiger partial charge in [0.2, 0.25) is 5.91 Å². The lowest BCUT2D eigenvalue weighted by Crippen LogP contribution is -2.62. The van der Waals surface area contributed by atoms with Crippen LogP contribution in [-0.4, -0.2) is 39.5 Å². The molecular formula is C30H46N2O4. The lowest BCUT2D eigenvalue weighted by atomic mass is 9.43. The van der Waals surface area contributed by atoms with Crippen molar-refractivity contribution in [2.24, 2.45) is 46.3 Å². The van der Waals surface area contributed by atoms with Gasteiger partial charge >= 0.3 is 0 Å². The number of benzene rings is 1. The molecule has 0 bridgehead atoms. The van der Waals surface area contributed by atoms with Crippen molar-refractivity contribution in [1.82, 2.24) is 0 Å². The maximum atomic E-state index is 12.6. The predicted octanol–water partition coefficient (Wildman–Crippen LogP) is 4.59. The molecule has 1 aromatic rings. The first kappa shape index (κ1) is 26.0. The van der Waals surface area contributed by atoms with E-state index in [4.69, 9.17) is 5.73 Å². The molecule has 0 spiro atoms. The largest absolute Gasteiger partial charge is 0.399 e. The smallest absolute Gasteiger partial charge is 0.224 e. The fourth-order valence-corrected chi connectivity index (χ4v) is 9.53. The van der Waals surface area contributed by atoms with E-state index in [0.29, 0.717) is 41.7 Å². The molecule has 0 aliphatic heterocycles. The Morgan fingerprint density at radius 2 is 1.89 bits per heavy atom. The van der Waals surface area contributed by atoms with Gasteiger partial charge in [0.05, 0.1) is 18.3 Å². The summed E-state index contributed by atoms with van der Waals surface area (Å²) < 4.78 is 0. The van der Waals surface area contributed by atoms with Crippen LogP contribution in [0.1, 0.15) is 78.6 Å². The Morgan fingerprint density at radius 1 is 1.11 bits per heavy atom. The molecule has 4 fully saturated rings. The van der Waals surface area contributed by atoms with E-state index in [1.807, 2.05) is 12.1 Å². The lowest BCUT2D eigenvalue weighted by molar-refractivity contribution is -0.207. The molecule has 5 unspecified atom stereocenters. The Balaban J connectivity index is 1.28. The Kier molecular flexibility index (Phi) is 6.93. The minimum atomic E-state index is -0.394. The molecule has 1 aromatic carbocycles. The van der Waals surface area contributed by atoms with Crippen LogP contribution in [0.4, 0.5) is 11.4 Å². The number of carbonyl (C=O) groups excluding carboxylic acids is 1. The van der Waals surface area contributed by atoms with Crippen LogP contribution >= 0.6 is 0 Å². The zero-order valence-corrected chi connectivity index (χ0v) is 22.2. The van der Waals surface area contributed by atoms with Crippen molar-refractivity contribution in [2.45, 2.75) is 96.9 Å². The minimum Gasteiger partial charge on any atom is -0.399 e. The van der Waals surface area contributed by atoms with E-state index in [2.05, 4.69) is 26.1 Å². The van der Waals surface area contributed by atoms with Gasteiger partial charge in [-0.3, -0.25) is 4.79 Å². The molecule has 200 valence electrons. The van der Waals surface area contributed by atoms with E-state index in [0.717, 1.165) is 57.1 Å². The number of aliphatic hydroxyl groups excluding tert-OH is 3. The maximum absolute atomic E-state index is 12.6. The molecule has 0 radical (unpaired) electrons. The van der Waals surface area contributed by atoms with Crippen molar-refractivity contribution in [2.75, 3.05) is 11.1 Å². The Morgan fingerprint density at radius 3 is 2.64 bits per heavy atom.